The molecule has 0 aromatic heterocycles. The van der Waals surface area contributed by atoms with Gasteiger partial charge in [-0.1, -0.05) is 6.42 Å². The third-order valence-corrected chi connectivity index (χ3v) is 1.72. The number of hydrogen-bond acceptors (Lipinski definition) is 1. The third kappa shape index (κ3) is 3.30. The molecular formula is C7H14LiN. The molecule has 1 saturated heterocycles. The predicted molar refractivity (Wildman–Crippen MR) is 35.6 cm³/mol. The number of hydrogen-bond donors (Lipinski definition) is 0. The third-order valence-electron chi connectivity index (χ3n) is 1.72. The normalized spacial score (nSPS) is 29.3. The summed E-state index contributed by atoms with van der Waals surface area (Å²) in [5.74, 6) is 0.689. The molecule has 1 aliphatic heterocycles. The summed E-state index contributed by atoms with van der Waals surface area (Å²) >= 11 is 0. The molecule has 1 fully saturated rings. The monoisotopic (exact) mass is 119 g/mol. The van der Waals surface area contributed by atoms with Crippen molar-refractivity contribution in [1.82, 2.24) is 4.90 Å². The first-order chi connectivity index (χ1) is 3.79. The van der Waals surface area contributed by atoms with Gasteiger partial charge in [0.2, 0.25) is 0 Å². The van der Waals surface area contributed by atoms with Crippen LogP contribution in [-0.4, -0.2) is 25.0 Å². The number of rotatable bonds is 0. The summed E-state index contributed by atoms with van der Waals surface area (Å²) in [4.78, 5) is 2.35. The Balaban J connectivity index is 0.000000640. The van der Waals surface area contributed by atoms with Crippen LogP contribution in [0.25, 0.3) is 0 Å². The minimum absolute atomic E-state index is 0. The van der Waals surface area contributed by atoms with E-state index < -0.39 is 0 Å². The zero-order valence-electron chi connectivity index (χ0n) is 6.56. The molecule has 0 saturated carbocycles. The first-order valence-corrected chi connectivity index (χ1v) is 3.30. The SMILES string of the molecule is [CH2-]C1CCCN(C)C1.[Li+]. The van der Waals surface area contributed by atoms with E-state index in [2.05, 4.69) is 18.9 Å². The van der Waals surface area contributed by atoms with Gasteiger partial charge in [0.15, 0.2) is 0 Å². The van der Waals surface area contributed by atoms with Crippen LogP contribution in [0.5, 0.6) is 0 Å². The molecule has 0 N–H and O–H groups in total. The van der Waals surface area contributed by atoms with Gasteiger partial charge in [-0.25, -0.2) is 0 Å². The summed E-state index contributed by atoms with van der Waals surface area (Å²) in [5.41, 5.74) is 0. The minimum atomic E-state index is 0. The van der Waals surface area contributed by atoms with Gasteiger partial charge in [0.25, 0.3) is 0 Å². The Kier molecular flexibility index (Phi) is 4.66. The molecule has 9 heavy (non-hydrogen) atoms. The summed E-state index contributed by atoms with van der Waals surface area (Å²) in [6.07, 6.45) is 2.66. The van der Waals surface area contributed by atoms with E-state index in [0.717, 1.165) is 0 Å². The molecule has 1 heterocycles. The van der Waals surface area contributed by atoms with E-state index in [1.807, 2.05) is 0 Å². The average Bonchev–Trinajstić information content (AvgIpc) is 1.64. The van der Waals surface area contributed by atoms with Crippen molar-refractivity contribution < 1.29 is 18.9 Å². The fourth-order valence-corrected chi connectivity index (χ4v) is 1.27. The zero-order chi connectivity index (χ0) is 5.98. The molecule has 1 rings (SSSR count). The Bertz CT molecular complexity index is 67.3. The largest absolute Gasteiger partial charge is 1.00 e. The second kappa shape index (κ2) is 4.39. The molecule has 0 aliphatic carbocycles. The van der Waals surface area contributed by atoms with Crippen molar-refractivity contribution in [3.8, 4) is 0 Å². The Labute approximate surface area is 70.0 Å². The van der Waals surface area contributed by atoms with Crippen LogP contribution in [0.4, 0.5) is 0 Å². The van der Waals surface area contributed by atoms with E-state index in [0.29, 0.717) is 5.92 Å². The summed E-state index contributed by atoms with van der Waals surface area (Å²) in [6, 6.07) is 0. The van der Waals surface area contributed by atoms with Crippen molar-refractivity contribution in [1.29, 1.82) is 0 Å². The van der Waals surface area contributed by atoms with Gasteiger partial charge in [0.1, 0.15) is 0 Å². The van der Waals surface area contributed by atoms with E-state index in [9.17, 15) is 0 Å². The summed E-state index contributed by atoms with van der Waals surface area (Å²) in [7, 11) is 2.16. The van der Waals surface area contributed by atoms with Crippen LogP contribution in [0, 0.1) is 12.8 Å². The maximum absolute atomic E-state index is 4.01. The topological polar surface area (TPSA) is 3.24 Å². The molecular weight excluding hydrogens is 105 g/mol. The van der Waals surface area contributed by atoms with Gasteiger partial charge in [-0.05, 0) is 26.6 Å². The van der Waals surface area contributed by atoms with Crippen LogP contribution in [0.2, 0.25) is 0 Å². The van der Waals surface area contributed by atoms with Crippen molar-refractivity contribution in [2.75, 3.05) is 20.1 Å². The molecule has 0 amide bonds. The van der Waals surface area contributed by atoms with Gasteiger partial charge < -0.3 is 11.8 Å². The van der Waals surface area contributed by atoms with Gasteiger partial charge in [-0.2, -0.15) is 5.92 Å². The van der Waals surface area contributed by atoms with E-state index in [-0.39, 0.29) is 18.9 Å². The zero-order valence-corrected chi connectivity index (χ0v) is 6.56. The van der Waals surface area contributed by atoms with Gasteiger partial charge in [0, 0.05) is 0 Å². The summed E-state index contributed by atoms with van der Waals surface area (Å²) < 4.78 is 0. The Morgan fingerprint density at radius 1 is 1.56 bits per heavy atom. The standard InChI is InChI=1S/C7H14N.Li/c1-7-4-3-5-8(2)6-7;/h7H,1,3-6H2,2H3;/q-1;+1. The van der Waals surface area contributed by atoms with E-state index in [1.54, 1.807) is 0 Å². The van der Waals surface area contributed by atoms with Gasteiger partial charge in [-0.15, -0.1) is 0 Å². The first kappa shape index (κ1) is 9.56. The fourth-order valence-electron chi connectivity index (χ4n) is 1.27. The van der Waals surface area contributed by atoms with Crippen LogP contribution < -0.4 is 18.9 Å². The smallest absolute Gasteiger partial charge is 0.339 e. The van der Waals surface area contributed by atoms with E-state index in [1.165, 1.54) is 25.9 Å². The Morgan fingerprint density at radius 3 is 2.56 bits per heavy atom. The molecule has 0 radical (unpaired) electrons. The Morgan fingerprint density at radius 2 is 2.22 bits per heavy atom. The second-order valence-corrected chi connectivity index (χ2v) is 2.77. The maximum atomic E-state index is 4.01. The molecule has 1 aliphatic rings. The molecule has 0 aromatic rings. The van der Waals surface area contributed by atoms with E-state index >= 15 is 0 Å². The van der Waals surface area contributed by atoms with Crippen LogP contribution in [0.3, 0.4) is 0 Å². The molecule has 0 bridgehead atoms. The fraction of sp³-hybridized carbons (Fsp3) is 0.857. The number of piperidine rings is 1. The van der Waals surface area contributed by atoms with Crippen molar-refractivity contribution in [3.05, 3.63) is 6.92 Å². The average molecular weight is 119 g/mol. The summed E-state index contributed by atoms with van der Waals surface area (Å²) in [6.45, 7) is 6.47. The molecule has 1 atom stereocenters. The molecule has 1 unspecified atom stereocenters. The summed E-state index contributed by atoms with van der Waals surface area (Å²) in [5, 5.41) is 0. The van der Waals surface area contributed by atoms with E-state index in [4.69, 9.17) is 0 Å². The van der Waals surface area contributed by atoms with Crippen LogP contribution in [0.15, 0.2) is 0 Å². The van der Waals surface area contributed by atoms with Crippen molar-refractivity contribution in [3.63, 3.8) is 0 Å². The van der Waals surface area contributed by atoms with Gasteiger partial charge >= 0.3 is 18.9 Å². The second-order valence-electron chi connectivity index (χ2n) is 2.77. The quantitative estimate of drug-likeness (QED) is 0.268. The molecule has 0 spiro atoms. The molecule has 1 nitrogen and oxygen atoms in total. The van der Waals surface area contributed by atoms with Crippen LogP contribution in [-0.2, 0) is 0 Å². The van der Waals surface area contributed by atoms with Crippen molar-refractivity contribution in [2.24, 2.45) is 5.92 Å². The maximum Gasteiger partial charge on any atom is 1.00 e. The van der Waals surface area contributed by atoms with Gasteiger partial charge in [0.05, 0.1) is 0 Å². The first-order valence-electron chi connectivity index (χ1n) is 3.30. The molecule has 48 valence electrons. The molecule has 2 heteroatoms. The van der Waals surface area contributed by atoms with Gasteiger partial charge in [-0.3, -0.25) is 0 Å². The number of nitrogens with zero attached hydrogens (tertiary/aromatic N) is 1. The van der Waals surface area contributed by atoms with Crippen molar-refractivity contribution >= 4 is 0 Å². The van der Waals surface area contributed by atoms with Crippen molar-refractivity contribution in [2.45, 2.75) is 12.8 Å². The molecule has 0 aromatic carbocycles. The van der Waals surface area contributed by atoms with Crippen LogP contribution in [0.1, 0.15) is 12.8 Å². The number of likely N-dealkylation sites (tertiary alicyclic amines) is 1. The minimum Gasteiger partial charge on any atom is -0.339 e. The van der Waals surface area contributed by atoms with Crippen LogP contribution >= 0.6 is 0 Å². The predicted octanol–water partition coefficient (Wildman–Crippen LogP) is -1.83. The Hall–Kier alpha value is 0.557.